The van der Waals surface area contributed by atoms with Crippen molar-refractivity contribution in [3.05, 3.63) is 18.0 Å². The van der Waals surface area contributed by atoms with E-state index in [-0.39, 0.29) is 0 Å². The van der Waals surface area contributed by atoms with Crippen molar-refractivity contribution in [1.82, 2.24) is 29.8 Å². The summed E-state index contributed by atoms with van der Waals surface area (Å²) in [4.78, 5) is 23.8. The molecule has 1 aliphatic carbocycles. The number of piperazine rings is 1. The van der Waals surface area contributed by atoms with Crippen molar-refractivity contribution in [3.63, 3.8) is 0 Å². The first-order valence-electron chi connectivity index (χ1n) is 11.6. The Labute approximate surface area is 180 Å². The molecule has 0 bridgehead atoms. The molecule has 1 unspecified atom stereocenters. The molecule has 8 nitrogen and oxygen atoms in total. The second-order valence-electron chi connectivity index (χ2n) is 9.10. The zero-order valence-electron chi connectivity index (χ0n) is 18.6. The van der Waals surface area contributed by atoms with Crippen LogP contribution in [0.3, 0.4) is 0 Å². The maximum atomic E-state index is 12.4. The number of likely N-dealkylation sites (tertiary alicyclic amines) is 1. The molecule has 4 rings (SSSR count). The fourth-order valence-corrected chi connectivity index (χ4v) is 4.87. The topological polar surface area (TPSA) is 69.0 Å². The number of guanidine groups is 1. The van der Waals surface area contributed by atoms with E-state index < -0.39 is 0 Å². The summed E-state index contributed by atoms with van der Waals surface area (Å²) < 4.78 is 1.88. The van der Waals surface area contributed by atoms with E-state index in [2.05, 4.69) is 36.3 Å². The lowest BCUT2D eigenvalue weighted by Gasteiger charge is -2.38. The molecule has 1 N–H and O–H groups in total. The Kier molecular flexibility index (Phi) is 6.92. The summed E-state index contributed by atoms with van der Waals surface area (Å²) >= 11 is 0. The summed E-state index contributed by atoms with van der Waals surface area (Å²) in [5, 5.41) is 7.84. The third-order valence-electron chi connectivity index (χ3n) is 6.93. The molecular weight excluding hydrogens is 378 g/mol. The fraction of sp³-hybridized carbons (Fsp3) is 0.773. The van der Waals surface area contributed by atoms with Crippen LogP contribution in [0.25, 0.3) is 0 Å². The van der Waals surface area contributed by atoms with E-state index in [1.54, 1.807) is 0 Å². The molecule has 2 saturated heterocycles. The first-order chi connectivity index (χ1) is 14.6. The average Bonchev–Trinajstić information content (AvgIpc) is 3.33. The van der Waals surface area contributed by atoms with Gasteiger partial charge in [-0.2, -0.15) is 5.10 Å². The quantitative estimate of drug-likeness (QED) is 0.550. The minimum atomic E-state index is 0.323. The summed E-state index contributed by atoms with van der Waals surface area (Å²) in [6, 6.07) is 0. The zero-order chi connectivity index (χ0) is 20.9. The van der Waals surface area contributed by atoms with Crippen molar-refractivity contribution < 1.29 is 4.79 Å². The fourth-order valence-electron chi connectivity index (χ4n) is 4.87. The number of aryl methyl sites for hydroxylation is 1. The molecule has 1 aromatic heterocycles. The van der Waals surface area contributed by atoms with Gasteiger partial charge in [-0.3, -0.25) is 19.4 Å². The zero-order valence-corrected chi connectivity index (χ0v) is 18.6. The minimum absolute atomic E-state index is 0.323. The Morgan fingerprint density at radius 1 is 1.17 bits per heavy atom. The Hall–Kier alpha value is -2.09. The van der Waals surface area contributed by atoms with Crippen LogP contribution in [-0.2, 0) is 18.3 Å². The van der Waals surface area contributed by atoms with Crippen LogP contribution in [-0.4, -0.2) is 95.8 Å². The van der Waals surface area contributed by atoms with Crippen LogP contribution in [0.15, 0.2) is 17.4 Å². The van der Waals surface area contributed by atoms with Crippen molar-refractivity contribution in [2.75, 3.05) is 59.4 Å². The molecule has 1 saturated carbocycles. The third kappa shape index (κ3) is 5.14. The molecule has 2 aliphatic heterocycles. The number of carbonyl (C=O) groups is 1. The van der Waals surface area contributed by atoms with Gasteiger partial charge >= 0.3 is 0 Å². The molecule has 1 aromatic rings. The van der Waals surface area contributed by atoms with Crippen LogP contribution in [0.4, 0.5) is 0 Å². The standard InChI is InChI=1S/C22H37N7O/c1-23-22(29-8-6-18(17-29)14-19-15-25-26(2)16-19)24-7-9-27-10-12-28(13-11-27)21(30)20-4-3-5-20/h15-16,18,20H,3-14,17H2,1-2H3,(H,23,24). The van der Waals surface area contributed by atoms with Crippen molar-refractivity contribution in [3.8, 4) is 0 Å². The summed E-state index contributed by atoms with van der Waals surface area (Å²) in [6.07, 6.45) is 9.82. The van der Waals surface area contributed by atoms with E-state index in [4.69, 9.17) is 0 Å². The molecule has 30 heavy (non-hydrogen) atoms. The molecule has 0 aromatic carbocycles. The van der Waals surface area contributed by atoms with Gasteiger partial charge in [0, 0.05) is 78.6 Å². The number of nitrogens with zero attached hydrogens (tertiary/aromatic N) is 6. The van der Waals surface area contributed by atoms with Crippen LogP contribution in [0, 0.1) is 11.8 Å². The lowest BCUT2D eigenvalue weighted by molar-refractivity contribution is -0.139. The molecule has 1 amide bonds. The van der Waals surface area contributed by atoms with Crippen LogP contribution >= 0.6 is 0 Å². The number of nitrogens with one attached hydrogen (secondary N) is 1. The first kappa shape index (κ1) is 21.2. The van der Waals surface area contributed by atoms with Gasteiger partial charge in [0.2, 0.25) is 5.91 Å². The van der Waals surface area contributed by atoms with Crippen molar-refractivity contribution in [2.24, 2.45) is 23.9 Å². The first-order valence-corrected chi connectivity index (χ1v) is 11.6. The van der Waals surface area contributed by atoms with Gasteiger partial charge in [0.25, 0.3) is 0 Å². The smallest absolute Gasteiger partial charge is 0.225 e. The number of hydrogen-bond donors (Lipinski definition) is 1. The predicted molar refractivity (Wildman–Crippen MR) is 118 cm³/mol. The van der Waals surface area contributed by atoms with E-state index in [1.165, 1.54) is 18.4 Å². The van der Waals surface area contributed by atoms with Gasteiger partial charge in [-0.1, -0.05) is 6.42 Å². The van der Waals surface area contributed by atoms with Crippen LogP contribution < -0.4 is 5.32 Å². The number of hydrogen-bond acceptors (Lipinski definition) is 4. The predicted octanol–water partition coefficient (Wildman–Crippen LogP) is 0.804. The molecule has 3 aliphatic rings. The van der Waals surface area contributed by atoms with Gasteiger partial charge in [0.1, 0.15) is 0 Å². The molecule has 0 spiro atoms. The SMILES string of the molecule is CN=C(NCCN1CCN(C(=O)C2CCC2)CC1)N1CCC(Cc2cnn(C)c2)C1. The van der Waals surface area contributed by atoms with Gasteiger partial charge < -0.3 is 15.1 Å². The second-order valence-corrected chi connectivity index (χ2v) is 9.10. The van der Waals surface area contributed by atoms with Gasteiger partial charge in [0.15, 0.2) is 5.96 Å². The molecule has 3 heterocycles. The lowest BCUT2D eigenvalue weighted by atomic mass is 9.84. The van der Waals surface area contributed by atoms with E-state index in [9.17, 15) is 4.79 Å². The normalized spacial score (nSPS) is 23.7. The summed E-state index contributed by atoms with van der Waals surface area (Å²) in [5.74, 6) is 2.40. The largest absolute Gasteiger partial charge is 0.355 e. The van der Waals surface area contributed by atoms with E-state index in [1.807, 2.05) is 25.0 Å². The summed E-state index contributed by atoms with van der Waals surface area (Å²) in [6.45, 7) is 7.73. The third-order valence-corrected chi connectivity index (χ3v) is 6.93. The van der Waals surface area contributed by atoms with Crippen molar-refractivity contribution in [1.29, 1.82) is 0 Å². The Morgan fingerprint density at radius 3 is 2.60 bits per heavy atom. The van der Waals surface area contributed by atoms with Gasteiger partial charge in [0.05, 0.1) is 6.20 Å². The van der Waals surface area contributed by atoms with E-state index in [0.717, 1.165) is 77.6 Å². The van der Waals surface area contributed by atoms with Crippen LogP contribution in [0.1, 0.15) is 31.2 Å². The van der Waals surface area contributed by atoms with E-state index >= 15 is 0 Å². The van der Waals surface area contributed by atoms with Crippen LogP contribution in [0.5, 0.6) is 0 Å². The maximum absolute atomic E-state index is 12.4. The minimum Gasteiger partial charge on any atom is -0.355 e. The highest BCUT2D eigenvalue weighted by Gasteiger charge is 2.31. The molecule has 3 fully saturated rings. The molecule has 8 heteroatoms. The summed E-state index contributed by atoms with van der Waals surface area (Å²) in [5.41, 5.74) is 1.32. The molecule has 0 radical (unpaired) electrons. The lowest BCUT2D eigenvalue weighted by Crippen LogP contribution is -2.52. The van der Waals surface area contributed by atoms with Gasteiger partial charge in [-0.05, 0) is 37.2 Å². The number of carbonyl (C=O) groups excluding carboxylic acids is 1. The molecular formula is C22H37N7O. The Morgan fingerprint density at radius 2 is 1.97 bits per heavy atom. The molecule has 1 atom stereocenters. The maximum Gasteiger partial charge on any atom is 0.225 e. The second kappa shape index (κ2) is 9.81. The summed E-state index contributed by atoms with van der Waals surface area (Å²) in [7, 11) is 3.85. The van der Waals surface area contributed by atoms with Crippen LogP contribution in [0.2, 0.25) is 0 Å². The highest BCUT2D eigenvalue weighted by molar-refractivity contribution is 5.80. The Bertz CT molecular complexity index is 734. The molecule has 166 valence electrons. The number of aromatic nitrogens is 2. The Balaban J connectivity index is 1.14. The van der Waals surface area contributed by atoms with Gasteiger partial charge in [-0.15, -0.1) is 0 Å². The number of rotatable bonds is 6. The highest BCUT2D eigenvalue weighted by atomic mass is 16.2. The van der Waals surface area contributed by atoms with Gasteiger partial charge in [-0.25, -0.2) is 0 Å². The average molecular weight is 416 g/mol. The van der Waals surface area contributed by atoms with Crippen molar-refractivity contribution >= 4 is 11.9 Å². The van der Waals surface area contributed by atoms with Crippen molar-refractivity contribution in [2.45, 2.75) is 32.1 Å². The monoisotopic (exact) mass is 415 g/mol. The number of amides is 1. The number of aliphatic imine (C=N–C) groups is 1. The highest BCUT2D eigenvalue weighted by Crippen LogP contribution is 2.28. The van der Waals surface area contributed by atoms with E-state index in [0.29, 0.717) is 17.7 Å².